The predicted octanol–water partition coefficient (Wildman–Crippen LogP) is 4.23. The molecule has 1 rings (SSSR count). The molecule has 1 saturated heterocycles. The molecule has 1 fully saturated rings. The van der Waals surface area contributed by atoms with E-state index in [2.05, 4.69) is 53.9 Å². The maximum Gasteiger partial charge on any atom is 0.330 e. The molecule has 0 aromatic rings. The summed E-state index contributed by atoms with van der Waals surface area (Å²) >= 11 is 0. The van der Waals surface area contributed by atoms with Crippen LogP contribution < -0.4 is 0 Å². The van der Waals surface area contributed by atoms with Gasteiger partial charge < -0.3 is 9.16 Å². The van der Waals surface area contributed by atoms with E-state index in [4.69, 9.17) is 9.16 Å². The number of rotatable bonds is 3. The Morgan fingerprint density at radius 3 is 2.29 bits per heavy atom. The van der Waals surface area contributed by atoms with E-state index in [1.165, 1.54) is 6.08 Å². The van der Waals surface area contributed by atoms with Gasteiger partial charge in [-0.05, 0) is 38.8 Å². The van der Waals surface area contributed by atoms with Crippen LogP contribution in [-0.4, -0.2) is 32.7 Å². The molecule has 0 radical (unpaired) electrons. The second-order valence-electron chi connectivity index (χ2n) is 8.29. The monoisotopic (exact) mass is 328 g/mol. The van der Waals surface area contributed by atoms with Gasteiger partial charge >= 0.3 is 5.97 Å². The van der Waals surface area contributed by atoms with Gasteiger partial charge in [0.1, 0.15) is 7.59 Å². The molecule has 5 heteroatoms. The van der Waals surface area contributed by atoms with E-state index in [-0.39, 0.29) is 22.7 Å². The van der Waals surface area contributed by atoms with Gasteiger partial charge in [0.15, 0.2) is 7.83 Å². The SMILES string of the molecule is C=CC(=O)OC(C)[Si]1(C)CCC(C)(C(C)(C)C)O[Si]1(C)C. The van der Waals surface area contributed by atoms with Crippen molar-refractivity contribution in [1.29, 1.82) is 0 Å². The second kappa shape index (κ2) is 5.67. The van der Waals surface area contributed by atoms with Crippen LogP contribution in [0, 0.1) is 5.41 Å². The van der Waals surface area contributed by atoms with Crippen molar-refractivity contribution in [3.63, 3.8) is 0 Å². The first kappa shape index (κ1) is 18.7. The quantitative estimate of drug-likeness (QED) is 0.442. The highest BCUT2D eigenvalue weighted by Crippen LogP contribution is 2.48. The molecular formula is C16H32O3Si2. The Kier molecular flexibility index (Phi) is 5.03. The van der Waals surface area contributed by atoms with Gasteiger partial charge in [-0.3, -0.25) is 0 Å². The van der Waals surface area contributed by atoms with Gasteiger partial charge in [-0.25, -0.2) is 4.79 Å². The van der Waals surface area contributed by atoms with E-state index in [1.54, 1.807) is 0 Å². The van der Waals surface area contributed by atoms with E-state index < -0.39 is 15.4 Å². The molecule has 0 aliphatic carbocycles. The van der Waals surface area contributed by atoms with Crippen molar-refractivity contribution >= 4 is 21.4 Å². The first-order chi connectivity index (χ1) is 9.29. The Morgan fingerprint density at radius 2 is 1.90 bits per heavy atom. The average molecular weight is 329 g/mol. The smallest absolute Gasteiger partial charge is 0.330 e. The van der Waals surface area contributed by atoms with Crippen LogP contribution in [0.2, 0.25) is 25.7 Å². The topological polar surface area (TPSA) is 35.5 Å². The maximum absolute atomic E-state index is 11.6. The normalized spacial score (nSPS) is 34.1. The Hall–Kier alpha value is -0.396. The number of hydrogen-bond acceptors (Lipinski definition) is 3. The fraction of sp³-hybridized carbons (Fsp3) is 0.812. The number of hydrogen-bond donors (Lipinski definition) is 0. The van der Waals surface area contributed by atoms with Gasteiger partial charge in [-0.2, -0.15) is 0 Å². The van der Waals surface area contributed by atoms with Crippen molar-refractivity contribution in [3.05, 3.63) is 12.7 Å². The summed E-state index contributed by atoms with van der Waals surface area (Å²) in [6.07, 6.45) is 2.30. The van der Waals surface area contributed by atoms with Crippen LogP contribution in [0.15, 0.2) is 12.7 Å². The van der Waals surface area contributed by atoms with Crippen LogP contribution in [0.4, 0.5) is 0 Å². The van der Waals surface area contributed by atoms with Crippen LogP contribution >= 0.6 is 0 Å². The van der Waals surface area contributed by atoms with Crippen LogP contribution in [0.5, 0.6) is 0 Å². The predicted molar refractivity (Wildman–Crippen MR) is 93.2 cm³/mol. The van der Waals surface area contributed by atoms with Crippen molar-refractivity contribution in [2.75, 3.05) is 0 Å². The first-order valence-corrected chi connectivity index (χ1v) is 14.5. The molecule has 0 aromatic carbocycles. The fourth-order valence-corrected chi connectivity index (χ4v) is 14.9. The molecule has 0 spiro atoms. The third kappa shape index (κ3) is 3.35. The average Bonchev–Trinajstić information content (AvgIpc) is 2.32. The number of carbonyl (C=O) groups excluding carboxylic acids is 1. The Labute approximate surface area is 132 Å². The van der Waals surface area contributed by atoms with E-state index in [0.29, 0.717) is 0 Å². The van der Waals surface area contributed by atoms with Crippen molar-refractivity contribution in [3.8, 4) is 0 Å². The molecular weight excluding hydrogens is 296 g/mol. The molecule has 1 aliphatic rings. The van der Waals surface area contributed by atoms with E-state index >= 15 is 0 Å². The Balaban J connectivity index is 3.03. The van der Waals surface area contributed by atoms with Gasteiger partial charge in [0.05, 0.1) is 11.3 Å². The van der Waals surface area contributed by atoms with E-state index in [0.717, 1.165) is 12.5 Å². The van der Waals surface area contributed by atoms with Gasteiger partial charge in [-0.1, -0.05) is 39.9 Å². The lowest BCUT2D eigenvalue weighted by Gasteiger charge is -2.57. The largest absolute Gasteiger partial charge is 0.464 e. The molecule has 3 unspecified atom stereocenters. The van der Waals surface area contributed by atoms with E-state index in [1.807, 2.05) is 6.92 Å². The molecule has 0 amide bonds. The molecule has 0 bridgehead atoms. The molecule has 0 saturated carbocycles. The molecule has 0 N–H and O–H groups in total. The third-order valence-corrected chi connectivity index (χ3v) is 23.4. The zero-order chi connectivity index (χ0) is 16.7. The Morgan fingerprint density at radius 1 is 1.38 bits per heavy atom. The van der Waals surface area contributed by atoms with Crippen LogP contribution in [0.25, 0.3) is 0 Å². The molecule has 21 heavy (non-hydrogen) atoms. The molecule has 122 valence electrons. The summed E-state index contributed by atoms with van der Waals surface area (Å²) < 4.78 is 12.4. The zero-order valence-electron chi connectivity index (χ0n) is 15.0. The lowest BCUT2D eigenvalue weighted by atomic mass is 9.76. The van der Waals surface area contributed by atoms with Gasteiger partial charge in [-0.15, -0.1) is 0 Å². The van der Waals surface area contributed by atoms with Crippen LogP contribution in [-0.2, 0) is 14.0 Å². The van der Waals surface area contributed by atoms with Crippen molar-refractivity contribution in [1.82, 2.24) is 0 Å². The van der Waals surface area contributed by atoms with Crippen molar-refractivity contribution < 1.29 is 14.0 Å². The molecule has 1 aliphatic heterocycles. The third-order valence-electron chi connectivity index (χ3n) is 5.92. The minimum Gasteiger partial charge on any atom is -0.464 e. The highest BCUT2D eigenvalue weighted by Gasteiger charge is 2.60. The summed E-state index contributed by atoms with van der Waals surface area (Å²) in [6, 6.07) is 1.16. The lowest BCUT2D eigenvalue weighted by molar-refractivity contribution is -0.139. The van der Waals surface area contributed by atoms with Gasteiger partial charge in [0.2, 0.25) is 0 Å². The number of carbonyl (C=O) groups is 1. The minimum atomic E-state index is -1.90. The number of esters is 1. The Bertz CT molecular complexity index is 428. The standard InChI is InChI=1S/C16H32O3Si2/c1-10-14(17)18-13(2)21(9)12-11-16(6,15(3,4)5)19-20(21,7)8/h10,13H,1,11-12H2,2-9H3. The molecule has 0 aromatic heterocycles. The highest BCUT2D eigenvalue weighted by atomic mass is 29.3. The lowest BCUT2D eigenvalue weighted by Crippen LogP contribution is -2.73. The minimum absolute atomic E-state index is 0.0193. The fourth-order valence-electron chi connectivity index (χ4n) is 3.10. The molecule has 3 atom stereocenters. The maximum atomic E-state index is 11.6. The summed E-state index contributed by atoms with van der Waals surface area (Å²) in [5, 5.41) is 0. The van der Waals surface area contributed by atoms with Crippen molar-refractivity contribution in [2.45, 2.75) is 78.1 Å². The van der Waals surface area contributed by atoms with Gasteiger partial charge in [0, 0.05) is 6.08 Å². The van der Waals surface area contributed by atoms with Crippen LogP contribution in [0.1, 0.15) is 41.0 Å². The molecule has 1 heterocycles. The van der Waals surface area contributed by atoms with Crippen molar-refractivity contribution in [2.24, 2.45) is 5.41 Å². The highest BCUT2D eigenvalue weighted by molar-refractivity contribution is 7.39. The molecule has 3 nitrogen and oxygen atoms in total. The summed E-state index contributed by atoms with van der Waals surface area (Å²) in [6.45, 7) is 21.5. The zero-order valence-corrected chi connectivity index (χ0v) is 17.0. The number of ether oxygens (including phenoxy) is 1. The summed E-state index contributed by atoms with van der Waals surface area (Å²) in [7, 11) is -3.69. The summed E-state index contributed by atoms with van der Waals surface area (Å²) in [5.41, 5.74) is 0.0139. The van der Waals surface area contributed by atoms with E-state index in [9.17, 15) is 4.79 Å². The van der Waals surface area contributed by atoms with Crippen LogP contribution in [0.3, 0.4) is 0 Å². The van der Waals surface area contributed by atoms with Gasteiger partial charge in [0.25, 0.3) is 0 Å². The summed E-state index contributed by atoms with van der Waals surface area (Å²) in [4.78, 5) is 11.6. The first-order valence-electron chi connectivity index (χ1n) is 7.82. The summed E-state index contributed by atoms with van der Waals surface area (Å²) in [5.74, 6) is -0.315. The second-order valence-corrected chi connectivity index (χ2v) is 22.7.